The lowest BCUT2D eigenvalue weighted by Gasteiger charge is -2.29. The molecule has 0 bridgehead atoms. The van der Waals surface area contributed by atoms with Crippen LogP contribution in [0, 0.1) is 5.92 Å². The highest BCUT2D eigenvalue weighted by molar-refractivity contribution is 5.98. The van der Waals surface area contributed by atoms with Crippen LogP contribution in [0.15, 0.2) is 18.2 Å². The van der Waals surface area contributed by atoms with Crippen LogP contribution in [0.4, 0.5) is 0 Å². The summed E-state index contributed by atoms with van der Waals surface area (Å²) >= 11 is 0. The average Bonchev–Trinajstić information content (AvgIpc) is 3.31. The van der Waals surface area contributed by atoms with Gasteiger partial charge in [-0.3, -0.25) is 9.59 Å². The molecule has 1 unspecified atom stereocenters. The van der Waals surface area contributed by atoms with E-state index in [1.165, 1.54) is 17.5 Å². The largest absolute Gasteiger partial charge is 0.349 e. The molecule has 0 aliphatic heterocycles. The summed E-state index contributed by atoms with van der Waals surface area (Å²) in [7, 11) is 0. The molecular formula is C19H26N2O2. The molecule has 124 valence electrons. The zero-order valence-corrected chi connectivity index (χ0v) is 13.9. The lowest BCUT2D eigenvalue weighted by molar-refractivity contribution is -0.123. The minimum Gasteiger partial charge on any atom is -0.349 e. The predicted molar refractivity (Wildman–Crippen MR) is 90.4 cm³/mol. The topological polar surface area (TPSA) is 72.2 Å². The Kier molecular flexibility index (Phi) is 4.53. The van der Waals surface area contributed by atoms with Crippen LogP contribution < -0.4 is 11.1 Å². The van der Waals surface area contributed by atoms with Gasteiger partial charge in [-0.15, -0.1) is 0 Å². The third-order valence-corrected chi connectivity index (χ3v) is 5.33. The molecule has 4 heteroatoms. The summed E-state index contributed by atoms with van der Waals surface area (Å²) in [6.07, 6.45) is 6.10. The SMILES string of the molecule is CC(CN)(NC(=O)CCC(=O)c1ccc2c(c1)CCC2)C1CC1. The van der Waals surface area contributed by atoms with Crippen molar-refractivity contribution in [2.75, 3.05) is 6.54 Å². The molecule has 1 aromatic carbocycles. The zero-order chi connectivity index (χ0) is 16.4. The van der Waals surface area contributed by atoms with Crippen LogP contribution in [0.3, 0.4) is 0 Å². The number of rotatable bonds is 7. The van der Waals surface area contributed by atoms with Crippen molar-refractivity contribution in [2.24, 2.45) is 11.7 Å². The van der Waals surface area contributed by atoms with E-state index < -0.39 is 0 Å². The van der Waals surface area contributed by atoms with Gasteiger partial charge in [0.15, 0.2) is 5.78 Å². The van der Waals surface area contributed by atoms with Crippen molar-refractivity contribution in [3.63, 3.8) is 0 Å². The fraction of sp³-hybridized carbons (Fsp3) is 0.579. The predicted octanol–water partition coefficient (Wildman–Crippen LogP) is 2.38. The minimum absolute atomic E-state index is 0.0516. The normalized spacial score (nSPS) is 19.0. The highest BCUT2D eigenvalue weighted by Gasteiger charge is 2.41. The number of carbonyl (C=O) groups excluding carboxylic acids is 2. The Labute approximate surface area is 137 Å². The fourth-order valence-electron chi connectivity index (χ4n) is 3.54. The van der Waals surface area contributed by atoms with Crippen LogP contribution in [0.1, 0.15) is 60.5 Å². The van der Waals surface area contributed by atoms with Crippen molar-refractivity contribution in [2.45, 2.75) is 57.4 Å². The van der Waals surface area contributed by atoms with Crippen LogP contribution in [0.2, 0.25) is 0 Å². The van der Waals surface area contributed by atoms with Crippen molar-refractivity contribution in [1.82, 2.24) is 5.32 Å². The monoisotopic (exact) mass is 314 g/mol. The number of nitrogens with two attached hydrogens (primary N) is 1. The van der Waals surface area contributed by atoms with Crippen molar-refractivity contribution >= 4 is 11.7 Å². The van der Waals surface area contributed by atoms with E-state index in [-0.39, 0.29) is 30.1 Å². The van der Waals surface area contributed by atoms with E-state index in [4.69, 9.17) is 5.73 Å². The molecule has 1 atom stereocenters. The van der Waals surface area contributed by atoms with Gasteiger partial charge in [0.1, 0.15) is 0 Å². The molecular weight excluding hydrogens is 288 g/mol. The molecule has 3 rings (SSSR count). The van der Waals surface area contributed by atoms with Gasteiger partial charge >= 0.3 is 0 Å². The fourth-order valence-corrected chi connectivity index (χ4v) is 3.54. The van der Waals surface area contributed by atoms with Gasteiger partial charge in [0.2, 0.25) is 5.91 Å². The molecule has 0 saturated heterocycles. The zero-order valence-electron chi connectivity index (χ0n) is 13.9. The summed E-state index contributed by atoms with van der Waals surface area (Å²) in [4.78, 5) is 24.5. The van der Waals surface area contributed by atoms with E-state index in [2.05, 4.69) is 11.4 Å². The Morgan fingerprint density at radius 1 is 1.22 bits per heavy atom. The standard InChI is InChI=1S/C19H26N2O2/c1-19(12-20,16-7-8-16)21-18(23)10-9-17(22)15-6-5-13-3-2-4-14(13)11-15/h5-6,11,16H,2-4,7-10,12,20H2,1H3,(H,21,23). The van der Waals surface area contributed by atoms with Crippen molar-refractivity contribution in [3.8, 4) is 0 Å². The average molecular weight is 314 g/mol. The van der Waals surface area contributed by atoms with Gasteiger partial charge in [-0.05, 0) is 62.1 Å². The molecule has 3 N–H and O–H groups in total. The Balaban J connectivity index is 1.53. The van der Waals surface area contributed by atoms with E-state index in [0.717, 1.165) is 31.2 Å². The number of benzene rings is 1. The second kappa shape index (κ2) is 6.44. The van der Waals surface area contributed by atoms with Gasteiger partial charge < -0.3 is 11.1 Å². The highest BCUT2D eigenvalue weighted by atomic mass is 16.2. The second-order valence-corrected chi connectivity index (χ2v) is 7.20. The number of hydrogen-bond donors (Lipinski definition) is 2. The second-order valence-electron chi connectivity index (χ2n) is 7.20. The maximum absolute atomic E-state index is 12.3. The summed E-state index contributed by atoms with van der Waals surface area (Å²) in [6, 6.07) is 5.98. The minimum atomic E-state index is -0.312. The summed E-state index contributed by atoms with van der Waals surface area (Å²) in [6.45, 7) is 2.45. The molecule has 0 radical (unpaired) electrons. The molecule has 2 aliphatic carbocycles. The Hall–Kier alpha value is -1.68. The van der Waals surface area contributed by atoms with Gasteiger partial charge in [0, 0.05) is 24.9 Å². The first kappa shape index (κ1) is 16.2. The highest BCUT2D eigenvalue weighted by Crippen LogP contribution is 2.39. The van der Waals surface area contributed by atoms with Crippen LogP contribution in [-0.2, 0) is 17.6 Å². The smallest absolute Gasteiger partial charge is 0.220 e. The molecule has 23 heavy (non-hydrogen) atoms. The number of aryl methyl sites for hydroxylation is 2. The number of fused-ring (bicyclic) bond motifs is 1. The maximum atomic E-state index is 12.3. The Bertz CT molecular complexity index is 622. The number of carbonyl (C=O) groups is 2. The molecule has 4 nitrogen and oxygen atoms in total. The van der Waals surface area contributed by atoms with E-state index in [1.54, 1.807) is 0 Å². The quantitative estimate of drug-likeness (QED) is 0.759. The van der Waals surface area contributed by atoms with E-state index >= 15 is 0 Å². The third kappa shape index (κ3) is 3.63. The van der Waals surface area contributed by atoms with Gasteiger partial charge in [0.05, 0.1) is 5.54 Å². The number of nitrogens with one attached hydrogen (secondary N) is 1. The molecule has 1 aromatic rings. The lowest BCUT2D eigenvalue weighted by atomic mass is 9.95. The molecule has 0 heterocycles. The van der Waals surface area contributed by atoms with Crippen LogP contribution in [0.5, 0.6) is 0 Å². The molecule has 1 saturated carbocycles. The van der Waals surface area contributed by atoms with Gasteiger partial charge in [0.25, 0.3) is 0 Å². The number of amides is 1. The van der Waals surface area contributed by atoms with Crippen molar-refractivity contribution in [1.29, 1.82) is 0 Å². The molecule has 1 fully saturated rings. The first-order valence-corrected chi connectivity index (χ1v) is 8.68. The van der Waals surface area contributed by atoms with Crippen LogP contribution in [-0.4, -0.2) is 23.8 Å². The number of ketones is 1. The van der Waals surface area contributed by atoms with E-state index in [1.807, 2.05) is 19.1 Å². The molecule has 2 aliphatic rings. The van der Waals surface area contributed by atoms with Crippen LogP contribution in [0.25, 0.3) is 0 Å². The lowest BCUT2D eigenvalue weighted by Crippen LogP contribution is -2.53. The van der Waals surface area contributed by atoms with Gasteiger partial charge in [-0.2, -0.15) is 0 Å². The summed E-state index contributed by atoms with van der Waals surface area (Å²) in [5.74, 6) is 0.471. The first-order chi connectivity index (χ1) is 11.0. The first-order valence-electron chi connectivity index (χ1n) is 8.68. The van der Waals surface area contributed by atoms with E-state index in [0.29, 0.717) is 12.5 Å². The van der Waals surface area contributed by atoms with Gasteiger partial charge in [-0.25, -0.2) is 0 Å². The number of hydrogen-bond acceptors (Lipinski definition) is 3. The summed E-state index contributed by atoms with van der Waals surface area (Å²) < 4.78 is 0. The van der Waals surface area contributed by atoms with Crippen molar-refractivity contribution < 1.29 is 9.59 Å². The van der Waals surface area contributed by atoms with Gasteiger partial charge in [-0.1, -0.05) is 12.1 Å². The number of Topliss-reactive ketones (excluding diaryl/α,β-unsaturated/α-hetero) is 1. The van der Waals surface area contributed by atoms with Crippen LogP contribution >= 0.6 is 0 Å². The Morgan fingerprint density at radius 3 is 2.65 bits per heavy atom. The molecule has 0 spiro atoms. The summed E-state index contributed by atoms with van der Waals surface area (Å²) in [5.41, 5.74) is 8.90. The Morgan fingerprint density at radius 2 is 1.96 bits per heavy atom. The third-order valence-electron chi connectivity index (χ3n) is 5.33. The summed E-state index contributed by atoms with van der Waals surface area (Å²) in [5, 5.41) is 3.04. The van der Waals surface area contributed by atoms with Crippen molar-refractivity contribution in [3.05, 3.63) is 34.9 Å². The van der Waals surface area contributed by atoms with E-state index in [9.17, 15) is 9.59 Å². The molecule has 0 aromatic heterocycles. The maximum Gasteiger partial charge on any atom is 0.220 e. The molecule has 1 amide bonds.